The quantitative estimate of drug-likeness (QED) is 0.399. The number of alkyl halides is 3. The third-order valence-corrected chi connectivity index (χ3v) is 2.75. The van der Waals surface area contributed by atoms with Crippen molar-refractivity contribution in [2.75, 3.05) is 0 Å². The Balaban J connectivity index is 2.28. The monoisotopic (exact) mass is 314 g/mol. The van der Waals surface area contributed by atoms with Gasteiger partial charge >= 0.3 is 6.18 Å². The first-order valence-corrected chi connectivity index (χ1v) is 6.01. The van der Waals surface area contributed by atoms with Gasteiger partial charge in [-0.15, -0.1) is 0 Å². The van der Waals surface area contributed by atoms with Crippen LogP contribution in [-0.4, -0.2) is 15.9 Å². The highest BCUT2D eigenvalue weighted by Crippen LogP contribution is 2.31. The van der Waals surface area contributed by atoms with Gasteiger partial charge in [0.15, 0.2) is 5.82 Å². The van der Waals surface area contributed by atoms with Crippen LogP contribution in [0.15, 0.2) is 41.7 Å². The number of ether oxygens (including phenoxy) is 1. The van der Waals surface area contributed by atoms with Crippen molar-refractivity contribution in [1.82, 2.24) is 4.98 Å². The fourth-order valence-electron chi connectivity index (χ4n) is 1.61. The van der Waals surface area contributed by atoms with Crippen LogP contribution in [0.5, 0.6) is 11.6 Å². The molecule has 2 aromatic rings. The first-order chi connectivity index (χ1) is 10.3. The molecule has 0 atom stereocenters. The molecular weight excluding hydrogens is 304 g/mol. The minimum Gasteiger partial charge on any atom is -0.436 e. The molecule has 1 N–H and O–H groups in total. The van der Waals surface area contributed by atoms with Crippen molar-refractivity contribution in [2.45, 2.75) is 13.1 Å². The predicted molar refractivity (Wildman–Crippen MR) is 69.7 cm³/mol. The normalized spacial score (nSPS) is 12.3. The lowest BCUT2D eigenvalue weighted by Crippen LogP contribution is -2.07. The molecule has 0 bridgehead atoms. The fourth-order valence-corrected chi connectivity index (χ4v) is 1.61. The lowest BCUT2D eigenvalue weighted by molar-refractivity contribution is -0.138. The minimum absolute atomic E-state index is 0.145. The largest absolute Gasteiger partial charge is 0.436 e. The summed E-state index contributed by atoms with van der Waals surface area (Å²) < 4.78 is 56.0. The average Bonchev–Trinajstić information content (AvgIpc) is 2.47. The summed E-state index contributed by atoms with van der Waals surface area (Å²) in [4.78, 5) is 3.34. The third-order valence-electron chi connectivity index (χ3n) is 2.75. The molecule has 0 fully saturated rings. The molecule has 0 spiro atoms. The number of halogens is 4. The maximum atomic E-state index is 13.6. The van der Waals surface area contributed by atoms with Crippen molar-refractivity contribution in [1.29, 1.82) is 0 Å². The van der Waals surface area contributed by atoms with Gasteiger partial charge in [-0.1, -0.05) is 17.3 Å². The molecule has 8 heteroatoms. The van der Waals surface area contributed by atoms with E-state index in [1.54, 1.807) is 12.1 Å². The van der Waals surface area contributed by atoms with Gasteiger partial charge in [0, 0.05) is 11.8 Å². The summed E-state index contributed by atoms with van der Waals surface area (Å²) in [7, 11) is 0. The Labute approximate surface area is 122 Å². The third kappa shape index (κ3) is 3.51. The highest BCUT2D eigenvalue weighted by atomic mass is 19.4. The van der Waals surface area contributed by atoms with E-state index in [9.17, 15) is 17.6 Å². The number of aromatic nitrogens is 1. The number of benzene rings is 1. The maximum absolute atomic E-state index is 13.6. The smallest absolute Gasteiger partial charge is 0.417 e. The van der Waals surface area contributed by atoms with Crippen LogP contribution < -0.4 is 4.74 Å². The summed E-state index contributed by atoms with van der Waals surface area (Å²) >= 11 is 0. The summed E-state index contributed by atoms with van der Waals surface area (Å²) in [5, 5.41) is 11.7. The molecule has 0 amide bonds. The molecule has 0 aliphatic carbocycles. The van der Waals surface area contributed by atoms with Crippen LogP contribution in [-0.2, 0) is 6.18 Å². The number of hydrogen-bond acceptors (Lipinski definition) is 4. The maximum Gasteiger partial charge on any atom is 0.417 e. The van der Waals surface area contributed by atoms with Gasteiger partial charge in [0.2, 0.25) is 0 Å². The molecule has 0 saturated carbocycles. The zero-order chi connectivity index (χ0) is 16.3. The molecule has 0 aliphatic rings. The van der Waals surface area contributed by atoms with Crippen molar-refractivity contribution < 1.29 is 27.5 Å². The number of rotatable bonds is 3. The second-order valence-corrected chi connectivity index (χ2v) is 4.32. The van der Waals surface area contributed by atoms with Crippen LogP contribution in [0.25, 0.3) is 0 Å². The van der Waals surface area contributed by atoms with Crippen molar-refractivity contribution in [2.24, 2.45) is 5.16 Å². The standard InChI is InChI=1S/C14H10F4N2O2/c1-8(20-21)9-3-2-4-11(5-9)22-13-12(15)6-10(7-19-13)14(16,17)18/h2-7,21H,1H3. The SMILES string of the molecule is CC(=NO)c1cccc(Oc2ncc(C(F)(F)F)cc2F)c1. The molecule has 1 aromatic heterocycles. The van der Waals surface area contributed by atoms with E-state index < -0.39 is 23.4 Å². The van der Waals surface area contributed by atoms with Crippen LogP contribution in [0.2, 0.25) is 0 Å². The van der Waals surface area contributed by atoms with E-state index in [-0.39, 0.29) is 5.75 Å². The van der Waals surface area contributed by atoms with Gasteiger partial charge in [0.05, 0.1) is 11.3 Å². The van der Waals surface area contributed by atoms with Crippen LogP contribution in [0.1, 0.15) is 18.1 Å². The second-order valence-electron chi connectivity index (χ2n) is 4.32. The van der Waals surface area contributed by atoms with Gasteiger partial charge in [-0.2, -0.15) is 13.2 Å². The van der Waals surface area contributed by atoms with Gasteiger partial charge in [0.25, 0.3) is 5.88 Å². The van der Waals surface area contributed by atoms with Gasteiger partial charge < -0.3 is 9.94 Å². The van der Waals surface area contributed by atoms with Crippen molar-refractivity contribution in [3.8, 4) is 11.6 Å². The Bertz CT molecular complexity index is 714. The zero-order valence-corrected chi connectivity index (χ0v) is 11.2. The van der Waals surface area contributed by atoms with E-state index in [4.69, 9.17) is 9.94 Å². The van der Waals surface area contributed by atoms with Crippen LogP contribution in [0.3, 0.4) is 0 Å². The Morgan fingerprint density at radius 2 is 2.00 bits per heavy atom. The molecule has 1 aromatic carbocycles. The first-order valence-electron chi connectivity index (χ1n) is 6.01. The van der Waals surface area contributed by atoms with E-state index in [1.165, 1.54) is 19.1 Å². The zero-order valence-electron chi connectivity index (χ0n) is 11.2. The predicted octanol–water partition coefficient (Wildman–Crippen LogP) is 4.23. The Morgan fingerprint density at radius 1 is 1.27 bits per heavy atom. The Kier molecular flexibility index (Phi) is 4.30. The summed E-state index contributed by atoms with van der Waals surface area (Å²) in [6.07, 6.45) is -4.19. The van der Waals surface area contributed by atoms with Gasteiger partial charge in [-0.3, -0.25) is 0 Å². The molecular formula is C14H10F4N2O2. The molecule has 22 heavy (non-hydrogen) atoms. The Hall–Kier alpha value is -2.64. The van der Waals surface area contributed by atoms with Crippen LogP contribution in [0, 0.1) is 5.82 Å². The molecule has 0 saturated heterocycles. The number of hydrogen-bond donors (Lipinski definition) is 1. The van der Waals surface area contributed by atoms with Gasteiger partial charge in [-0.05, 0) is 25.1 Å². The van der Waals surface area contributed by atoms with E-state index >= 15 is 0 Å². The van der Waals surface area contributed by atoms with E-state index in [1.807, 2.05) is 0 Å². The molecule has 0 radical (unpaired) electrons. The van der Waals surface area contributed by atoms with E-state index in [0.29, 0.717) is 23.5 Å². The number of nitrogens with zero attached hydrogens (tertiary/aromatic N) is 2. The molecule has 1 heterocycles. The molecule has 4 nitrogen and oxygen atoms in total. The highest BCUT2D eigenvalue weighted by molar-refractivity contribution is 5.98. The highest BCUT2D eigenvalue weighted by Gasteiger charge is 2.32. The minimum atomic E-state index is -4.68. The average molecular weight is 314 g/mol. The fraction of sp³-hybridized carbons (Fsp3) is 0.143. The summed E-state index contributed by atoms with van der Waals surface area (Å²) in [6.45, 7) is 1.54. The van der Waals surface area contributed by atoms with Gasteiger partial charge in [-0.25, -0.2) is 9.37 Å². The first kappa shape index (κ1) is 15.7. The van der Waals surface area contributed by atoms with Crippen molar-refractivity contribution in [3.63, 3.8) is 0 Å². The van der Waals surface area contributed by atoms with Crippen molar-refractivity contribution >= 4 is 5.71 Å². The summed E-state index contributed by atoms with van der Waals surface area (Å²) in [6, 6.07) is 6.40. The molecule has 0 aliphatic heterocycles. The van der Waals surface area contributed by atoms with Gasteiger partial charge in [0.1, 0.15) is 5.75 Å². The second kappa shape index (κ2) is 6.00. The molecule has 0 unspecified atom stereocenters. The number of oxime groups is 1. The van der Waals surface area contributed by atoms with E-state index in [2.05, 4.69) is 10.1 Å². The van der Waals surface area contributed by atoms with Crippen molar-refractivity contribution in [3.05, 3.63) is 53.5 Å². The topological polar surface area (TPSA) is 54.7 Å². The van der Waals surface area contributed by atoms with Crippen LogP contribution in [0.4, 0.5) is 17.6 Å². The summed E-state index contributed by atoms with van der Waals surface area (Å²) in [5.41, 5.74) is -0.395. The molecule has 2 rings (SSSR count). The summed E-state index contributed by atoms with van der Waals surface area (Å²) in [5.74, 6) is -1.66. The Morgan fingerprint density at radius 3 is 2.59 bits per heavy atom. The van der Waals surface area contributed by atoms with Crippen LogP contribution >= 0.6 is 0 Å². The molecule has 116 valence electrons. The van der Waals surface area contributed by atoms with E-state index in [0.717, 1.165) is 0 Å². The lowest BCUT2D eigenvalue weighted by atomic mass is 10.1. The number of pyridine rings is 1. The lowest BCUT2D eigenvalue weighted by Gasteiger charge is -2.10.